The molecular formula is C15H24N4O2. The molecule has 0 aromatic carbocycles. The maximum absolute atomic E-state index is 12.8. The van der Waals surface area contributed by atoms with E-state index in [1.807, 2.05) is 11.8 Å². The quantitative estimate of drug-likeness (QED) is 0.916. The lowest BCUT2D eigenvalue weighted by atomic mass is 9.91. The van der Waals surface area contributed by atoms with E-state index in [9.17, 15) is 9.59 Å². The molecular weight excluding hydrogens is 268 g/mol. The molecule has 1 aromatic rings. The van der Waals surface area contributed by atoms with Crippen LogP contribution in [0.3, 0.4) is 0 Å². The smallest absolute Gasteiger partial charge is 0.272 e. The van der Waals surface area contributed by atoms with E-state index < -0.39 is 5.91 Å². The highest BCUT2D eigenvalue weighted by Gasteiger charge is 2.31. The Morgan fingerprint density at radius 3 is 2.67 bits per heavy atom. The molecule has 0 aliphatic carbocycles. The number of primary amides is 1. The Morgan fingerprint density at radius 2 is 2.10 bits per heavy atom. The van der Waals surface area contributed by atoms with Crippen molar-refractivity contribution in [3.63, 3.8) is 0 Å². The van der Waals surface area contributed by atoms with Crippen molar-refractivity contribution < 1.29 is 9.59 Å². The Labute approximate surface area is 125 Å². The molecule has 2 rings (SSSR count). The molecule has 1 aliphatic heterocycles. The second kappa shape index (κ2) is 6.28. The molecule has 1 saturated heterocycles. The largest absolute Gasteiger partial charge is 0.364 e. The van der Waals surface area contributed by atoms with Crippen molar-refractivity contribution in [2.45, 2.75) is 52.6 Å². The summed E-state index contributed by atoms with van der Waals surface area (Å²) in [6.07, 6.45) is 3.27. The van der Waals surface area contributed by atoms with Crippen LogP contribution < -0.4 is 5.73 Å². The molecule has 1 fully saturated rings. The fourth-order valence-electron chi connectivity index (χ4n) is 2.90. The standard InChI is InChI=1S/C15H24N4O2/c1-4-11-7-6-10(3)18(9-11)15(21)13-8-12(14(16)20)17-19(13)5-2/h8,10-11H,4-7,9H2,1-3H3,(H2,16,20). The van der Waals surface area contributed by atoms with Gasteiger partial charge in [0.1, 0.15) is 5.69 Å². The Bertz CT molecular complexity index is 538. The lowest BCUT2D eigenvalue weighted by Gasteiger charge is -2.37. The molecule has 0 saturated carbocycles. The first kappa shape index (κ1) is 15.5. The molecule has 2 atom stereocenters. The lowest BCUT2D eigenvalue weighted by molar-refractivity contribution is 0.0544. The van der Waals surface area contributed by atoms with Gasteiger partial charge >= 0.3 is 0 Å². The molecule has 0 bridgehead atoms. The highest BCUT2D eigenvalue weighted by molar-refractivity contribution is 5.97. The minimum absolute atomic E-state index is 0.0532. The number of rotatable bonds is 4. The average Bonchev–Trinajstić information content (AvgIpc) is 2.91. The maximum atomic E-state index is 12.8. The number of amides is 2. The van der Waals surface area contributed by atoms with Gasteiger partial charge in [0, 0.05) is 25.2 Å². The third-order valence-electron chi connectivity index (χ3n) is 4.37. The zero-order valence-corrected chi connectivity index (χ0v) is 13.0. The summed E-state index contributed by atoms with van der Waals surface area (Å²) in [5.74, 6) is -0.101. The van der Waals surface area contributed by atoms with E-state index in [1.54, 1.807) is 4.68 Å². The topological polar surface area (TPSA) is 81.2 Å². The van der Waals surface area contributed by atoms with Gasteiger partial charge in [0.25, 0.3) is 11.8 Å². The van der Waals surface area contributed by atoms with E-state index in [4.69, 9.17) is 5.73 Å². The van der Waals surface area contributed by atoms with Crippen LogP contribution >= 0.6 is 0 Å². The Kier molecular flexibility index (Phi) is 4.65. The highest BCUT2D eigenvalue weighted by Crippen LogP contribution is 2.25. The molecule has 6 heteroatoms. The van der Waals surface area contributed by atoms with E-state index in [1.165, 1.54) is 12.5 Å². The van der Waals surface area contributed by atoms with Crippen LogP contribution in [0.4, 0.5) is 0 Å². The van der Waals surface area contributed by atoms with E-state index >= 15 is 0 Å². The normalized spacial score (nSPS) is 22.3. The second-order valence-corrected chi connectivity index (χ2v) is 5.75. The summed E-state index contributed by atoms with van der Waals surface area (Å²) < 4.78 is 1.56. The maximum Gasteiger partial charge on any atom is 0.272 e. The van der Waals surface area contributed by atoms with E-state index in [2.05, 4.69) is 18.9 Å². The third-order valence-corrected chi connectivity index (χ3v) is 4.37. The van der Waals surface area contributed by atoms with Crippen molar-refractivity contribution in [3.8, 4) is 0 Å². The molecule has 116 valence electrons. The van der Waals surface area contributed by atoms with Crippen molar-refractivity contribution >= 4 is 11.8 Å². The number of hydrogen-bond donors (Lipinski definition) is 1. The number of hydrogen-bond acceptors (Lipinski definition) is 3. The molecule has 0 radical (unpaired) electrons. The molecule has 6 nitrogen and oxygen atoms in total. The first-order chi connectivity index (χ1) is 9.97. The molecule has 2 amide bonds. The van der Waals surface area contributed by atoms with Crippen molar-refractivity contribution in [2.75, 3.05) is 6.54 Å². The van der Waals surface area contributed by atoms with Crippen molar-refractivity contribution in [1.29, 1.82) is 0 Å². The van der Waals surface area contributed by atoms with Gasteiger partial charge in [-0.15, -0.1) is 0 Å². The molecule has 1 aromatic heterocycles. The number of aryl methyl sites for hydroxylation is 1. The van der Waals surface area contributed by atoms with Gasteiger partial charge in [-0.2, -0.15) is 5.10 Å². The minimum atomic E-state index is -0.602. The Hall–Kier alpha value is -1.85. The van der Waals surface area contributed by atoms with E-state index in [0.29, 0.717) is 18.2 Å². The van der Waals surface area contributed by atoms with Gasteiger partial charge in [0.15, 0.2) is 5.69 Å². The molecule has 2 N–H and O–H groups in total. The number of piperidine rings is 1. The van der Waals surface area contributed by atoms with Gasteiger partial charge in [0.05, 0.1) is 0 Å². The van der Waals surface area contributed by atoms with Crippen LogP contribution in [-0.4, -0.2) is 39.1 Å². The van der Waals surface area contributed by atoms with Gasteiger partial charge < -0.3 is 10.6 Å². The van der Waals surface area contributed by atoms with Gasteiger partial charge in [0.2, 0.25) is 0 Å². The third kappa shape index (κ3) is 3.09. The van der Waals surface area contributed by atoms with Gasteiger partial charge in [-0.1, -0.05) is 13.3 Å². The first-order valence-electron chi connectivity index (χ1n) is 7.66. The molecule has 2 unspecified atom stereocenters. The van der Waals surface area contributed by atoms with Crippen LogP contribution in [0.1, 0.15) is 61.0 Å². The number of carbonyl (C=O) groups excluding carboxylic acids is 2. The van der Waals surface area contributed by atoms with E-state index in [-0.39, 0.29) is 17.6 Å². The van der Waals surface area contributed by atoms with Crippen LogP contribution in [0.5, 0.6) is 0 Å². The Morgan fingerprint density at radius 1 is 1.38 bits per heavy atom. The first-order valence-corrected chi connectivity index (χ1v) is 7.66. The molecule has 21 heavy (non-hydrogen) atoms. The zero-order chi connectivity index (χ0) is 15.6. The second-order valence-electron chi connectivity index (χ2n) is 5.75. The molecule has 2 heterocycles. The number of likely N-dealkylation sites (tertiary alicyclic amines) is 1. The fraction of sp³-hybridized carbons (Fsp3) is 0.667. The molecule has 1 aliphatic rings. The monoisotopic (exact) mass is 292 g/mol. The van der Waals surface area contributed by atoms with Gasteiger partial charge in [-0.3, -0.25) is 14.3 Å². The van der Waals surface area contributed by atoms with Gasteiger partial charge in [-0.05, 0) is 32.6 Å². The summed E-state index contributed by atoms with van der Waals surface area (Å²) in [6, 6.07) is 1.73. The summed E-state index contributed by atoms with van der Waals surface area (Å²) in [4.78, 5) is 26.0. The van der Waals surface area contributed by atoms with E-state index in [0.717, 1.165) is 19.4 Å². The van der Waals surface area contributed by atoms with Gasteiger partial charge in [-0.25, -0.2) is 0 Å². The van der Waals surface area contributed by atoms with Crippen LogP contribution in [0, 0.1) is 5.92 Å². The number of carbonyl (C=O) groups is 2. The number of aromatic nitrogens is 2. The predicted molar refractivity (Wildman–Crippen MR) is 79.9 cm³/mol. The number of nitrogens with two attached hydrogens (primary N) is 1. The van der Waals surface area contributed by atoms with Crippen LogP contribution in [-0.2, 0) is 6.54 Å². The van der Waals surface area contributed by atoms with Crippen molar-refractivity contribution in [3.05, 3.63) is 17.5 Å². The van der Waals surface area contributed by atoms with Crippen molar-refractivity contribution in [2.24, 2.45) is 11.7 Å². The molecule has 0 spiro atoms. The highest BCUT2D eigenvalue weighted by atomic mass is 16.2. The summed E-state index contributed by atoms with van der Waals surface area (Å²) >= 11 is 0. The summed E-state index contributed by atoms with van der Waals surface area (Å²) in [7, 11) is 0. The van der Waals surface area contributed by atoms with Crippen LogP contribution in [0.25, 0.3) is 0 Å². The fourth-order valence-corrected chi connectivity index (χ4v) is 2.90. The number of nitrogens with zero attached hydrogens (tertiary/aromatic N) is 3. The van der Waals surface area contributed by atoms with Crippen molar-refractivity contribution in [1.82, 2.24) is 14.7 Å². The zero-order valence-electron chi connectivity index (χ0n) is 13.0. The summed E-state index contributed by atoms with van der Waals surface area (Å²) in [6.45, 7) is 7.43. The van der Waals surface area contributed by atoms with Crippen LogP contribution in [0.2, 0.25) is 0 Å². The average molecular weight is 292 g/mol. The Balaban J connectivity index is 2.27. The summed E-state index contributed by atoms with van der Waals surface area (Å²) in [5.41, 5.74) is 5.86. The SMILES string of the molecule is CCC1CCC(C)N(C(=O)c2cc(C(N)=O)nn2CC)C1. The minimum Gasteiger partial charge on any atom is -0.364 e. The lowest BCUT2D eigenvalue weighted by Crippen LogP contribution is -2.46. The summed E-state index contributed by atoms with van der Waals surface area (Å²) in [5, 5.41) is 4.10. The predicted octanol–water partition coefficient (Wildman–Crippen LogP) is 1.65. The van der Waals surface area contributed by atoms with Crippen LogP contribution in [0.15, 0.2) is 6.07 Å².